The van der Waals surface area contributed by atoms with Crippen molar-refractivity contribution >= 4 is 11.8 Å². The van der Waals surface area contributed by atoms with Crippen molar-refractivity contribution in [1.82, 2.24) is 10.6 Å². The van der Waals surface area contributed by atoms with Crippen LogP contribution < -0.4 is 10.6 Å². The molecule has 0 bridgehead atoms. The molecule has 2 aromatic carbocycles. The van der Waals surface area contributed by atoms with E-state index in [2.05, 4.69) is 22.8 Å². The first-order valence-electron chi connectivity index (χ1n) is 8.91. The Morgan fingerprint density at radius 1 is 0.815 bits per heavy atom. The molecule has 0 atom stereocenters. The maximum Gasteiger partial charge on any atom is 0.251 e. The number of hydrogen-bond acceptors (Lipinski definition) is 3. The summed E-state index contributed by atoms with van der Waals surface area (Å²) >= 11 is 0. The number of benzene rings is 2. The zero-order valence-corrected chi connectivity index (χ0v) is 15.0. The van der Waals surface area contributed by atoms with E-state index in [-0.39, 0.29) is 18.4 Å². The molecule has 138 valence electrons. The predicted octanol–water partition coefficient (Wildman–Crippen LogP) is 3.11. The van der Waals surface area contributed by atoms with Gasteiger partial charge in [0.2, 0.25) is 5.91 Å². The fourth-order valence-electron chi connectivity index (χ4n) is 2.80. The van der Waals surface area contributed by atoms with Crippen LogP contribution in [-0.2, 0) is 24.2 Å². The molecule has 0 aliphatic carbocycles. The molecule has 0 fully saturated rings. The minimum Gasteiger partial charge on any atom is -0.467 e. The van der Waals surface area contributed by atoms with Gasteiger partial charge in [-0.05, 0) is 42.2 Å². The SMILES string of the molecule is O=C(CNC(=O)c1ccccc1CCc1ccccc1)NCc1ccco1. The van der Waals surface area contributed by atoms with Gasteiger partial charge < -0.3 is 15.1 Å². The molecule has 27 heavy (non-hydrogen) atoms. The Kier molecular flexibility index (Phi) is 6.41. The number of carbonyl (C=O) groups excluding carboxylic acids is 2. The Hall–Kier alpha value is -3.34. The van der Waals surface area contributed by atoms with Crippen LogP contribution in [0.4, 0.5) is 0 Å². The summed E-state index contributed by atoms with van der Waals surface area (Å²) in [5.41, 5.74) is 2.80. The minimum absolute atomic E-state index is 0.0768. The Bertz CT molecular complexity index is 874. The molecular weight excluding hydrogens is 340 g/mol. The molecule has 1 aromatic heterocycles. The largest absolute Gasteiger partial charge is 0.467 e. The van der Waals surface area contributed by atoms with E-state index >= 15 is 0 Å². The van der Waals surface area contributed by atoms with E-state index in [1.54, 1.807) is 24.5 Å². The molecule has 0 aliphatic heterocycles. The summed E-state index contributed by atoms with van der Waals surface area (Å²) < 4.78 is 5.16. The van der Waals surface area contributed by atoms with E-state index in [4.69, 9.17) is 4.42 Å². The second kappa shape index (κ2) is 9.38. The average molecular weight is 362 g/mol. The van der Waals surface area contributed by atoms with Crippen LogP contribution >= 0.6 is 0 Å². The molecule has 0 unspecified atom stereocenters. The molecule has 1 heterocycles. The highest BCUT2D eigenvalue weighted by Crippen LogP contribution is 2.13. The van der Waals surface area contributed by atoms with Crippen LogP contribution in [-0.4, -0.2) is 18.4 Å². The predicted molar refractivity (Wildman–Crippen MR) is 103 cm³/mol. The maximum absolute atomic E-state index is 12.5. The average Bonchev–Trinajstić information content (AvgIpc) is 3.23. The molecular formula is C22H22N2O3. The lowest BCUT2D eigenvalue weighted by Gasteiger charge is -2.10. The summed E-state index contributed by atoms with van der Waals surface area (Å²) in [6.07, 6.45) is 3.17. The Morgan fingerprint density at radius 2 is 1.59 bits per heavy atom. The number of aryl methyl sites for hydroxylation is 2. The van der Waals surface area contributed by atoms with Crippen LogP contribution in [0, 0.1) is 0 Å². The number of hydrogen-bond donors (Lipinski definition) is 2. The number of amides is 2. The molecule has 0 radical (unpaired) electrons. The van der Waals surface area contributed by atoms with Gasteiger partial charge in [-0.15, -0.1) is 0 Å². The van der Waals surface area contributed by atoms with Crippen LogP contribution in [0.25, 0.3) is 0 Å². The van der Waals surface area contributed by atoms with Gasteiger partial charge in [-0.3, -0.25) is 9.59 Å². The molecule has 0 aliphatic rings. The Morgan fingerprint density at radius 3 is 2.37 bits per heavy atom. The zero-order valence-electron chi connectivity index (χ0n) is 15.0. The molecule has 0 spiro atoms. The van der Waals surface area contributed by atoms with E-state index in [0.29, 0.717) is 17.9 Å². The fourth-order valence-corrected chi connectivity index (χ4v) is 2.80. The van der Waals surface area contributed by atoms with Crippen molar-refractivity contribution in [2.75, 3.05) is 6.54 Å². The number of furan rings is 1. The monoisotopic (exact) mass is 362 g/mol. The van der Waals surface area contributed by atoms with Crippen molar-refractivity contribution in [3.8, 4) is 0 Å². The number of nitrogens with one attached hydrogen (secondary N) is 2. The molecule has 3 aromatic rings. The van der Waals surface area contributed by atoms with Crippen molar-refractivity contribution < 1.29 is 14.0 Å². The van der Waals surface area contributed by atoms with Gasteiger partial charge >= 0.3 is 0 Å². The highest BCUT2D eigenvalue weighted by atomic mass is 16.3. The van der Waals surface area contributed by atoms with E-state index in [1.165, 1.54) is 5.56 Å². The summed E-state index contributed by atoms with van der Waals surface area (Å²) in [5, 5.41) is 5.39. The third-order valence-electron chi connectivity index (χ3n) is 4.24. The van der Waals surface area contributed by atoms with Crippen molar-refractivity contribution in [3.05, 3.63) is 95.4 Å². The molecule has 0 saturated carbocycles. The van der Waals surface area contributed by atoms with Crippen LogP contribution in [0.15, 0.2) is 77.4 Å². The van der Waals surface area contributed by atoms with E-state index in [0.717, 1.165) is 18.4 Å². The topological polar surface area (TPSA) is 71.3 Å². The molecule has 5 heteroatoms. The maximum atomic E-state index is 12.5. The summed E-state index contributed by atoms with van der Waals surface area (Å²) in [5.74, 6) is 0.161. The van der Waals surface area contributed by atoms with E-state index in [1.807, 2.05) is 36.4 Å². The smallest absolute Gasteiger partial charge is 0.251 e. The van der Waals surface area contributed by atoms with Gasteiger partial charge in [-0.25, -0.2) is 0 Å². The zero-order chi connectivity index (χ0) is 18.9. The standard InChI is InChI=1S/C22H22N2O3/c25-21(23-15-19-10-6-14-27-19)16-24-22(26)20-11-5-4-9-18(20)13-12-17-7-2-1-3-8-17/h1-11,14H,12-13,15-16H2,(H,23,25)(H,24,26). The second-order valence-electron chi connectivity index (χ2n) is 6.18. The van der Waals surface area contributed by atoms with Gasteiger partial charge in [0.25, 0.3) is 5.91 Å². The lowest BCUT2D eigenvalue weighted by molar-refractivity contribution is -0.120. The first kappa shape index (κ1) is 18.5. The molecule has 3 rings (SSSR count). The van der Waals surface area contributed by atoms with Crippen molar-refractivity contribution in [1.29, 1.82) is 0 Å². The van der Waals surface area contributed by atoms with Gasteiger partial charge in [0, 0.05) is 5.56 Å². The minimum atomic E-state index is -0.262. The Balaban J connectivity index is 1.52. The van der Waals surface area contributed by atoms with Gasteiger partial charge in [-0.2, -0.15) is 0 Å². The van der Waals surface area contributed by atoms with Crippen molar-refractivity contribution in [2.45, 2.75) is 19.4 Å². The number of carbonyl (C=O) groups is 2. The van der Waals surface area contributed by atoms with E-state index < -0.39 is 0 Å². The van der Waals surface area contributed by atoms with Crippen molar-refractivity contribution in [2.24, 2.45) is 0 Å². The van der Waals surface area contributed by atoms with Crippen LogP contribution in [0.1, 0.15) is 27.2 Å². The first-order chi connectivity index (χ1) is 13.2. The van der Waals surface area contributed by atoms with Crippen molar-refractivity contribution in [3.63, 3.8) is 0 Å². The summed E-state index contributed by atoms with van der Waals surface area (Å²) in [6.45, 7) is 0.224. The van der Waals surface area contributed by atoms with Crippen LogP contribution in [0.5, 0.6) is 0 Å². The molecule has 5 nitrogen and oxygen atoms in total. The first-order valence-corrected chi connectivity index (χ1v) is 8.91. The van der Waals surface area contributed by atoms with E-state index in [9.17, 15) is 9.59 Å². The molecule has 0 saturated heterocycles. The lowest BCUT2D eigenvalue weighted by Crippen LogP contribution is -2.36. The van der Waals surface area contributed by atoms with Crippen LogP contribution in [0.2, 0.25) is 0 Å². The van der Waals surface area contributed by atoms with Gasteiger partial charge in [0.15, 0.2) is 0 Å². The highest BCUT2D eigenvalue weighted by Gasteiger charge is 2.12. The summed E-state index contributed by atoms with van der Waals surface area (Å²) in [7, 11) is 0. The van der Waals surface area contributed by atoms with Gasteiger partial charge in [-0.1, -0.05) is 48.5 Å². The summed E-state index contributed by atoms with van der Waals surface area (Å²) in [6, 6.07) is 21.2. The van der Waals surface area contributed by atoms with Gasteiger partial charge in [0.05, 0.1) is 19.4 Å². The summed E-state index contributed by atoms with van der Waals surface area (Å²) in [4.78, 5) is 24.4. The molecule has 2 amide bonds. The quantitative estimate of drug-likeness (QED) is 0.647. The van der Waals surface area contributed by atoms with Gasteiger partial charge in [0.1, 0.15) is 5.76 Å². The Labute approximate surface area is 158 Å². The van der Waals surface area contributed by atoms with Crippen LogP contribution in [0.3, 0.4) is 0 Å². The third-order valence-corrected chi connectivity index (χ3v) is 4.24. The fraction of sp³-hybridized carbons (Fsp3) is 0.182. The second-order valence-corrected chi connectivity index (χ2v) is 6.18. The third kappa shape index (κ3) is 5.57. The normalized spacial score (nSPS) is 10.4. The lowest BCUT2D eigenvalue weighted by atomic mass is 9.99. The number of rotatable bonds is 8. The highest BCUT2D eigenvalue weighted by molar-refractivity contribution is 5.97. The molecule has 2 N–H and O–H groups in total.